The number of hydrogen-bond donors (Lipinski definition) is 1. The van der Waals surface area contributed by atoms with Gasteiger partial charge >= 0.3 is 0 Å². The topological polar surface area (TPSA) is 73.9 Å². The Morgan fingerprint density at radius 2 is 2.04 bits per heavy atom. The zero-order chi connectivity index (χ0) is 16.7. The van der Waals surface area contributed by atoms with Crippen LogP contribution in [0.1, 0.15) is 12.2 Å². The molecule has 0 aliphatic heterocycles. The summed E-state index contributed by atoms with van der Waals surface area (Å²) in [4.78, 5) is 4.30. The van der Waals surface area contributed by atoms with Gasteiger partial charge in [0.1, 0.15) is 5.69 Å². The lowest BCUT2D eigenvalue weighted by Crippen LogP contribution is -2.07. The van der Waals surface area contributed by atoms with Crippen LogP contribution in [0.15, 0.2) is 18.2 Å². The van der Waals surface area contributed by atoms with Crippen LogP contribution in [0.5, 0.6) is 0 Å². The van der Waals surface area contributed by atoms with Crippen molar-refractivity contribution in [3.63, 3.8) is 0 Å². The van der Waals surface area contributed by atoms with E-state index in [1.807, 2.05) is 0 Å². The second-order valence-corrected chi connectivity index (χ2v) is 6.54. The highest BCUT2D eigenvalue weighted by Crippen LogP contribution is 2.34. The third-order valence-electron chi connectivity index (χ3n) is 3.09. The molecule has 0 unspecified atom stereocenters. The van der Waals surface area contributed by atoms with Crippen LogP contribution < -0.4 is 5.73 Å². The van der Waals surface area contributed by atoms with E-state index in [1.54, 1.807) is 30.0 Å². The SMILES string of the molecule is CSCCOCCCc1nnc(-c2cccc(Cl)c2Cl)c(N)n1. The quantitative estimate of drug-likeness (QED) is 0.711. The molecule has 23 heavy (non-hydrogen) atoms. The lowest BCUT2D eigenvalue weighted by Gasteiger charge is -2.08. The Hall–Kier alpha value is -1.08. The Morgan fingerprint density at radius 3 is 2.78 bits per heavy atom. The van der Waals surface area contributed by atoms with E-state index >= 15 is 0 Å². The minimum absolute atomic E-state index is 0.294. The number of aryl methyl sites for hydroxylation is 1. The van der Waals surface area contributed by atoms with Crippen molar-refractivity contribution < 1.29 is 4.74 Å². The molecule has 0 fully saturated rings. The average molecular weight is 373 g/mol. The second kappa shape index (κ2) is 9.27. The van der Waals surface area contributed by atoms with Crippen molar-refractivity contribution >= 4 is 40.8 Å². The monoisotopic (exact) mass is 372 g/mol. The smallest absolute Gasteiger partial charge is 0.154 e. The predicted octanol–water partition coefficient (Wildman–Crippen LogP) is 3.74. The molecule has 5 nitrogen and oxygen atoms in total. The van der Waals surface area contributed by atoms with Gasteiger partial charge in [-0.05, 0) is 18.7 Å². The molecular weight excluding hydrogens is 355 g/mol. The maximum absolute atomic E-state index is 6.18. The van der Waals surface area contributed by atoms with Gasteiger partial charge in [-0.3, -0.25) is 0 Å². The number of thioether (sulfide) groups is 1. The highest BCUT2D eigenvalue weighted by atomic mass is 35.5. The van der Waals surface area contributed by atoms with Gasteiger partial charge in [-0.25, -0.2) is 4.98 Å². The van der Waals surface area contributed by atoms with Crippen LogP contribution in [0.25, 0.3) is 11.3 Å². The molecule has 0 saturated carbocycles. The molecular formula is C15H18Cl2N4OS. The van der Waals surface area contributed by atoms with Crippen LogP contribution in [-0.4, -0.2) is 40.4 Å². The van der Waals surface area contributed by atoms with Crippen LogP contribution in [0, 0.1) is 0 Å². The highest BCUT2D eigenvalue weighted by molar-refractivity contribution is 7.98. The van der Waals surface area contributed by atoms with Crippen LogP contribution in [0.4, 0.5) is 5.82 Å². The van der Waals surface area contributed by atoms with E-state index in [9.17, 15) is 0 Å². The van der Waals surface area contributed by atoms with Gasteiger partial charge in [0.25, 0.3) is 0 Å². The third-order valence-corrected chi connectivity index (χ3v) is 4.48. The van der Waals surface area contributed by atoms with Gasteiger partial charge in [0, 0.05) is 24.3 Å². The number of aromatic nitrogens is 3. The Labute approximate surface area is 149 Å². The highest BCUT2D eigenvalue weighted by Gasteiger charge is 2.13. The molecule has 0 bridgehead atoms. The fourth-order valence-electron chi connectivity index (χ4n) is 1.93. The van der Waals surface area contributed by atoms with Gasteiger partial charge < -0.3 is 10.5 Å². The van der Waals surface area contributed by atoms with Gasteiger partial charge in [-0.2, -0.15) is 11.8 Å². The van der Waals surface area contributed by atoms with Crippen LogP contribution >= 0.6 is 35.0 Å². The van der Waals surface area contributed by atoms with E-state index in [4.69, 9.17) is 33.7 Å². The third kappa shape index (κ3) is 5.21. The lowest BCUT2D eigenvalue weighted by atomic mass is 10.1. The van der Waals surface area contributed by atoms with Gasteiger partial charge in [-0.1, -0.05) is 35.3 Å². The summed E-state index contributed by atoms with van der Waals surface area (Å²) in [5.74, 6) is 1.89. The number of nitrogen functional groups attached to an aromatic ring is 1. The molecule has 0 aliphatic rings. The van der Waals surface area contributed by atoms with E-state index in [0.29, 0.717) is 46.0 Å². The molecule has 0 radical (unpaired) electrons. The van der Waals surface area contributed by atoms with E-state index < -0.39 is 0 Å². The number of hydrogen-bond acceptors (Lipinski definition) is 6. The zero-order valence-electron chi connectivity index (χ0n) is 12.8. The molecule has 0 amide bonds. The van der Waals surface area contributed by atoms with E-state index in [0.717, 1.165) is 18.8 Å². The Balaban J connectivity index is 1.99. The fraction of sp³-hybridized carbons (Fsp3) is 0.400. The van der Waals surface area contributed by atoms with Crippen molar-refractivity contribution in [3.8, 4) is 11.3 Å². The molecule has 8 heteroatoms. The largest absolute Gasteiger partial charge is 0.382 e. The maximum atomic E-state index is 6.18. The summed E-state index contributed by atoms with van der Waals surface area (Å²) in [6.45, 7) is 1.43. The molecule has 1 aromatic carbocycles. The number of benzene rings is 1. The Bertz CT molecular complexity index is 657. The summed E-state index contributed by atoms with van der Waals surface area (Å²) >= 11 is 14.0. The van der Waals surface area contributed by atoms with Crippen molar-refractivity contribution in [2.75, 3.05) is 31.0 Å². The number of nitrogens with two attached hydrogens (primary N) is 1. The Kier molecular flexibility index (Phi) is 7.36. The summed E-state index contributed by atoms with van der Waals surface area (Å²) in [7, 11) is 0. The van der Waals surface area contributed by atoms with E-state index in [-0.39, 0.29) is 0 Å². The molecule has 1 aromatic heterocycles. The summed E-state index contributed by atoms with van der Waals surface area (Å²) in [6, 6.07) is 5.27. The van der Waals surface area contributed by atoms with E-state index in [2.05, 4.69) is 21.4 Å². The predicted molar refractivity (Wildman–Crippen MR) is 97.2 cm³/mol. The standard InChI is InChI=1S/C15H18Cl2N4OS/c1-23-9-8-22-7-3-6-12-19-15(18)14(21-20-12)10-4-2-5-11(16)13(10)17/h2,4-5H,3,6-9H2,1H3,(H2,18,19,20). The number of nitrogens with zero attached hydrogens (tertiary/aromatic N) is 3. The number of halogens is 2. The normalized spacial score (nSPS) is 10.9. The first kappa shape index (κ1) is 18.3. The summed E-state index contributed by atoms with van der Waals surface area (Å²) in [5.41, 5.74) is 7.06. The minimum Gasteiger partial charge on any atom is -0.382 e. The number of rotatable bonds is 8. The number of anilines is 1. The van der Waals surface area contributed by atoms with Gasteiger partial charge in [0.05, 0.1) is 16.7 Å². The van der Waals surface area contributed by atoms with Gasteiger partial charge in [0.15, 0.2) is 11.6 Å². The van der Waals surface area contributed by atoms with Crippen molar-refractivity contribution in [2.24, 2.45) is 0 Å². The molecule has 2 N–H and O–H groups in total. The van der Waals surface area contributed by atoms with Crippen molar-refractivity contribution in [1.29, 1.82) is 0 Å². The van der Waals surface area contributed by atoms with Crippen molar-refractivity contribution in [1.82, 2.24) is 15.2 Å². The van der Waals surface area contributed by atoms with Crippen LogP contribution in [-0.2, 0) is 11.2 Å². The lowest BCUT2D eigenvalue weighted by molar-refractivity contribution is 0.147. The minimum atomic E-state index is 0.294. The second-order valence-electron chi connectivity index (χ2n) is 4.77. The van der Waals surface area contributed by atoms with Crippen molar-refractivity contribution in [3.05, 3.63) is 34.1 Å². The maximum Gasteiger partial charge on any atom is 0.154 e. The van der Waals surface area contributed by atoms with Gasteiger partial charge in [-0.15, -0.1) is 10.2 Å². The molecule has 1 heterocycles. The number of ether oxygens (including phenoxy) is 1. The Morgan fingerprint density at radius 1 is 1.22 bits per heavy atom. The van der Waals surface area contributed by atoms with Crippen molar-refractivity contribution in [2.45, 2.75) is 12.8 Å². The molecule has 2 rings (SSSR count). The summed E-state index contributed by atoms with van der Waals surface area (Å²) in [5, 5.41) is 9.11. The van der Waals surface area contributed by atoms with E-state index in [1.165, 1.54) is 0 Å². The molecule has 124 valence electrons. The molecule has 2 aromatic rings. The summed E-state index contributed by atoms with van der Waals surface area (Å²) in [6.07, 6.45) is 3.55. The first-order valence-electron chi connectivity index (χ1n) is 7.13. The average Bonchev–Trinajstić information content (AvgIpc) is 2.54. The summed E-state index contributed by atoms with van der Waals surface area (Å²) < 4.78 is 5.49. The first-order chi connectivity index (χ1) is 11.1. The van der Waals surface area contributed by atoms with Gasteiger partial charge in [0.2, 0.25) is 0 Å². The van der Waals surface area contributed by atoms with Crippen LogP contribution in [0.2, 0.25) is 10.0 Å². The van der Waals surface area contributed by atoms with Crippen LogP contribution in [0.3, 0.4) is 0 Å². The first-order valence-corrected chi connectivity index (χ1v) is 9.28. The molecule has 0 aliphatic carbocycles. The fourth-order valence-corrected chi connectivity index (χ4v) is 2.61. The zero-order valence-corrected chi connectivity index (χ0v) is 15.1. The molecule has 0 atom stereocenters. The molecule has 0 spiro atoms. The molecule has 0 saturated heterocycles.